The topological polar surface area (TPSA) is 54.3 Å². The van der Waals surface area contributed by atoms with Crippen LogP contribution in [0, 0.1) is 12.8 Å². The summed E-state index contributed by atoms with van der Waals surface area (Å²) in [6.07, 6.45) is 2.42. The zero-order valence-corrected chi connectivity index (χ0v) is 13.4. The van der Waals surface area contributed by atoms with Gasteiger partial charge in [0.25, 0.3) is 5.91 Å². The minimum Gasteiger partial charge on any atom is -0.336 e. The Morgan fingerprint density at radius 1 is 1.33 bits per heavy atom. The molecule has 0 spiro atoms. The molecule has 4 heterocycles. The first-order valence-corrected chi connectivity index (χ1v) is 7.90. The summed E-state index contributed by atoms with van der Waals surface area (Å²) < 4.78 is 1.82. The molecular formula is C15H25N5O. The molecule has 21 heavy (non-hydrogen) atoms. The number of piperidine rings is 3. The SMILES string of the molecule is Cc1c(C(=O)N(C)C2CN3CCC2CC3)nnn1C(C)C. The minimum absolute atomic E-state index is 0.0122. The molecule has 116 valence electrons. The Bertz CT molecular complexity index is 530. The molecule has 0 saturated carbocycles. The Labute approximate surface area is 126 Å². The molecule has 1 aromatic rings. The third-order valence-electron chi connectivity index (χ3n) is 5.06. The predicted octanol–water partition coefficient (Wildman–Crippen LogP) is 1.33. The molecule has 2 bridgehead atoms. The summed E-state index contributed by atoms with van der Waals surface area (Å²) in [7, 11) is 1.92. The molecule has 6 heteroatoms. The van der Waals surface area contributed by atoms with Gasteiger partial charge in [0.1, 0.15) is 0 Å². The third-order valence-corrected chi connectivity index (χ3v) is 5.06. The van der Waals surface area contributed by atoms with Gasteiger partial charge in [-0.05, 0) is 52.6 Å². The highest BCUT2D eigenvalue weighted by Gasteiger charge is 2.38. The Kier molecular flexibility index (Phi) is 3.73. The van der Waals surface area contributed by atoms with Gasteiger partial charge < -0.3 is 9.80 Å². The number of aromatic nitrogens is 3. The average Bonchev–Trinajstić information content (AvgIpc) is 2.88. The van der Waals surface area contributed by atoms with E-state index in [1.54, 1.807) is 0 Å². The Hall–Kier alpha value is -1.43. The summed E-state index contributed by atoms with van der Waals surface area (Å²) >= 11 is 0. The van der Waals surface area contributed by atoms with Gasteiger partial charge in [0.2, 0.25) is 0 Å². The van der Waals surface area contributed by atoms with Gasteiger partial charge >= 0.3 is 0 Å². The summed E-state index contributed by atoms with van der Waals surface area (Å²) in [5.74, 6) is 0.655. The van der Waals surface area contributed by atoms with Crippen LogP contribution in [0.2, 0.25) is 0 Å². The number of rotatable bonds is 3. The number of amides is 1. The summed E-state index contributed by atoms with van der Waals surface area (Å²) in [6, 6.07) is 0.546. The number of hydrogen-bond donors (Lipinski definition) is 0. The van der Waals surface area contributed by atoms with Gasteiger partial charge in [-0.1, -0.05) is 5.21 Å². The fraction of sp³-hybridized carbons (Fsp3) is 0.800. The lowest BCUT2D eigenvalue weighted by Crippen LogP contribution is -2.57. The lowest BCUT2D eigenvalue weighted by Gasteiger charge is -2.47. The first kappa shape index (κ1) is 14.5. The van der Waals surface area contributed by atoms with E-state index in [0.717, 1.165) is 12.2 Å². The van der Waals surface area contributed by atoms with Gasteiger partial charge in [-0.2, -0.15) is 0 Å². The fourth-order valence-corrected chi connectivity index (χ4v) is 3.72. The van der Waals surface area contributed by atoms with E-state index in [2.05, 4.69) is 15.2 Å². The van der Waals surface area contributed by atoms with Gasteiger partial charge in [0.15, 0.2) is 5.69 Å². The van der Waals surface area contributed by atoms with Crippen LogP contribution in [0.15, 0.2) is 0 Å². The molecule has 0 radical (unpaired) electrons. The molecule has 0 N–H and O–H groups in total. The van der Waals surface area contributed by atoms with Crippen LogP contribution in [0.1, 0.15) is 48.9 Å². The molecule has 4 rings (SSSR count). The zero-order valence-electron chi connectivity index (χ0n) is 13.4. The highest BCUT2D eigenvalue weighted by atomic mass is 16.2. The van der Waals surface area contributed by atoms with E-state index < -0.39 is 0 Å². The highest BCUT2D eigenvalue weighted by Crippen LogP contribution is 2.31. The van der Waals surface area contributed by atoms with Crippen molar-refractivity contribution in [2.75, 3.05) is 26.7 Å². The van der Waals surface area contributed by atoms with E-state index in [1.807, 2.05) is 37.4 Å². The second kappa shape index (κ2) is 5.40. The first-order valence-electron chi connectivity index (χ1n) is 7.90. The van der Waals surface area contributed by atoms with Crippen molar-refractivity contribution in [3.05, 3.63) is 11.4 Å². The number of carbonyl (C=O) groups is 1. The Morgan fingerprint density at radius 2 is 2.00 bits per heavy atom. The van der Waals surface area contributed by atoms with E-state index in [4.69, 9.17) is 0 Å². The molecule has 1 aromatic heterocycles. The van der Waals surface area contributed by atoms with Crippen LogP contribution in [0.4, 0.5) is 0 Å². The van der Waals surface area contributed by atoms with Gasteiger partial charge in [-0.15, -0.1) is 5.10 Å². The fourth-order valence-electron chi connectivity index (χ4n) is 3.72. The average molecular weight is 291 g/mol. The van der Waals surface area contributed by atoms with Crippen molar-refractivity contribution < 1.29 is 4.79 Å². The lowest BCUT2D eigenvalue weighted by molar-refractivity contribution is 0.0159. The second-order valence-corrected chi connectivity index (χ2v) is 6.68. The molecule has 6 nitrogen and oxygen atoms in total. The monoisotopic (exact) mass is 291 g/mol. The second-order valence-electron chi connectivity index (χ2n) is 6.68. The summed E-state index contributed by atoms with van der Waals surface area (Å²) in [5, 5.41) is 8.24. The molecule has 1 amide bonds. The lowest BCUT2D eigenvalue weighted by atomic mass is 9.83. The maximum absolute atomic E-state index is 12.8. The van der Waals surface area contributed by atoms with Gasteiger partial charge in [-0.25, -0.2) is 4.68 Å². The van der Waals surface area contributed by atoms with E-state index in [0.29, 0.717) is 17.7 Å². The first-order chi connectivity index (χ1) is 9.99. The van der Waals surface area contributed by atoms with Crippen LogP contribution >= 0.6 is 0 Å². The predicted molar refractivity (Wildman–Crippen MR) is 80.2 cm³/mol. The van der Waals surface area contributed by atoms with Gasteiger partial charge in [0, 0.05) is 25.7 Å². The minimum atomic E-state index is 0.0122. The standard InChI is InChI=1S/C15H25N5O/c1-10(2)20-11(3)14(16-17-20)15(21)18(4)13-9-19-7-5-12(13)6-8-19/h10,12-13H,5-9H2,1-4H3. The van der Waals surface area contributed by atoms with Crippen LogP contribution in [-0.2, 0) is 0 Å². The quantitative estimate of drug-likeness (QED) is 0.843. The van der Waals surface area contributed by atoms with E-state index in [1.165, 1.54) is 25.9 Å². The van der Waals surface area contributed by atoms with Gasteiger partial charge in [0.05, 0.1) is 5.69 Å². The molecule has 0 aromatic carbocycles. The van der Waals surface area contributed by atoms with E-state index >= 15 is 0 Å². The summed E-state index contributed by atoms with van der Waals surface area (Å²) in [5.41, 5.74) is 1.37. The number of fused-ring (bicyclic) bond motifs is 3. The van der Waals surface area contributed by atoms with E-state index in [9.17, 15) is 4.79 Å². The molecule has 3 aliphatic heterocycles. The smallest absolute Gasteiger partial charge is 0.276 e. The Balaban J connectivity index is 1.79. The van der Waals surface area contributed by atoms with Crippen molar-refractivity contribution in [3.8, 4) is 0 Å². The Morgan fingerprint density at radius 3 is 2.48 bits per heavy atom. The normalized spacial score (nSPS) is 28.1. The van der Waals surface area contributed by atoms with Crippen LogP contribution in [-0.4, -0.2) is 63.4 Å². The molecule has 3 fully saturated rings. The van der Waals surface area contributed by atoms with Crippen molar-refractivity contribution in [1.82, 2.24) is 24.8 Å². The summed E-state index contributed by atoms with van der Waals surface area (Å²) in [4.78, 5) is 17.1. The number of likely N-dealkylation sites (N-methyl/N-ethyl adjacent to an activating group) is 1. The van der Waals surface area contributed by atoms with Crippen LogP contribution in [0.25, 0.3) is 0 Å². The van der Waals surface area contributed by atoms with Crippen LogP contribution in [0.5, 0.6) is 0 Å². The zero-order chi connectivity index (χ0) is 15.1. The van der Waals surface area contributed by atoms with E-state index in [-0.39, 0.29) is 11.9 Å². The number of hydrogen-bond acceptors (Lipinski definition) is 4. The molecule has 1 atom stereocenters. The highest BCUT2D eigenvalue weighted by molar-refractivity contribution is 5.93. The van der Waals surface area contributed by atoms with Crippen molar-refractivity contribution in [3.63, 3.8) is 0 Å². The summed E-state index contributed by atoms with van der Waals surface area (Å²) in [6.45, 7) is 9.40. The molecule has 3 aliphatic rings. The molecule has 3 saturated heterocycles. The van der Waals surface area contributed by atoms with Crippen molar-refractivity contribution in [1.29, 1.82) is 0 Å². The maximum atomic E-state index is 12.8. The largest absolute Gasteiger partial charge is 0.336 e. The number of carbonyl (C=O) groups excluding carboxylic acids is 1. The molecular weight excluding hydrogens is 266 g/mol. The molecule has 0 aliphatic carbocycles. The van der Waals surface area contributed by atoms with Crippen LogP contribution in [0.3, 0.4) is 0 Å². The number of nitrogens with zero attached hydrogens (tertiary/aromatic N) is 5. The van der Waals surface area contributed by atoms with Gasteiger partial charge in [-0.3, -0.25) is 4.79 Å². The molecule has 1 unspecified atom stereocenters. The van der Waals surface area contributed by atoms with Crippen LogP contribution < -0.4 is 0 Å². The van der Waals surface area contributed by atoms with Crippen molar-refractivity contribution in [2.24, 2.45) is 5.92 Å². The van der Waals surface area contributed by atoms with Crippen molar-refractivity contribution in [2.45, 2.75) is 45.7 Å². The maximum Gasteiger partial charge on any atom is 0.276 e. The third kappa shape index (κ3) is 2.46. The van der Waals surface area contributed by atoms with Crippen molar-refractivity contribution >= 4 is 5.91 Å².